The van der Waals surface area contributed by atoms with E-state index in [-0.39, 0.29) is 23.0 Å². The summed E-state index contributed by atoms with van der Waals surface area (Å²) in [7, 11) is 0. The van der Waals surface area contributed by atoms with Crippen LogP contribution in [0.25, 0.3) is 22.2 Å². The van der Waals surface area contributed by atoms with Crippen molar-refractivity contribution in [1.29, 1.82) is 0 Å². The quantitative estimate of drug-likeness (QED) is 0.531. The Hall–Kier alpha value is -3.01. The average molecular weight is 453 g/mol. The summed E-state index contributed by atoms with van der Waals surface area (Å²) in [4.78, 5) is 18.1. The molecule has 1 saturated heterocycles. The van der Waals surface area contributed by atoms with E-state index in [4.69, 9.17) is 4.74 Å². The minimum absolute atomic E-state index is 0.0263. The second-order valence-corrected chi connectivity index (χ2v) is 7.62. The van der Waals surface area contributed by atoms with Gasteiger partial charge in [-0.25, -0.2) is 13.8 Å². The predicted octanol–water partition coefficient (Wildman–Crippen LogP) is 4.85. The number of halogens is 5. The highest BCUT2D eigenvalue weighted by atomic mass is 19.4. The fourth-order valence-electron chi connectivity index (χ4n) is 3.90. The van der Waals surface area contributed by atoms with E-state index in [0.29, 0.717) is 41.0 Å². The summed E-state index contributed by atoms with van der Waals surface area (Å²) in [6, 6.07) is 10.8. The van der Waals surface area contributed by atoms with Crippen LogP contribution in [0.2, 0.25) is 0 Å². The first-order valence-corrected chi connectivity index (χ1v) is 10.0. The largest absolute Gasteiger partial charge is 0.449 e. The van der Waals surface area contributed by atoms with Crippen LogP contribution in [0.5, 0.6) is 0 Å². The first kappa shape index (κ1) is 22.2. The lowest BCUT2D eigenvalue weighted by Gasteiger charge is -2.31. The molecule has 1 atom stereocenters. The van der Waals surface area contributed by atoms with Crippen LogP contribution < -0.4 is 0 Å². The van der Waals surface area contributed by atoms with Gasteiger partial charge >= 0.3 is 6.18 Å². The van der Waals surface area contributed by atoms with Gasteiger partial charge in [-0.15, -0.1) is 0 Å². The van der Waals surface area contributed by atoms with Gasteiger partial charge in [-0.2, -0.15) is 13.2 Å². The first-order valence-electron chi connectivity index (χ1n) is 10.0. The van der Waals surface area contributed by atoms with E-state index < -0.39 is 25.0 Å². The van der Waals surface area contributed by atoms with Crippen LogP contribution in [0.15, 0.2) is 42.5 Å². The highest BCUT2D eigenvalue weighted by molar-refractivity contribution is 5.96. The third kappa shape index (κ3) is 4.32. The number of para-hydroxylation sites is 1. The van der Waals surface area contributed by atoms with E-state index in [2.05, 4.69) is 4.98 Å². The van der Waals surface area contributed by atoms with Crippen LogP contribution in [0.3, 0.4) is 0 Å². The Morgan fingerprint density at radius 2 is 1.91 bits per heavy atom. The second kappa shape index (κ2) is 8.50. The number of morpholine rings is 1. The molecule has 5 nitrogen and oxygen atoms in total. The fourth-order valence-corrected chi connectivity index (χ4v) is 3.90. The fraction of sp³-hybridized carbons (Fsp3) is 0.364. The Morgan fingerprint density at radius 1 is 1.19 bits per heavy atom. The highest BCUT2D eigenvalue weighted by Crippen LogP contribution is 2.35. The Balaban J connectivity index is 1.71. The summed E-state index contributed by atoms with van der Waals surface area (Å²) in [6.45, 7) is 2.18. The van der Waals surface area contributed by atoms with Gasteiger partial charge in [0, 0.05) is 24.2 Å². The molecule has 0 aliphatic carbocycles. The lowest BCUT2D eigenvalue weighted by Crippen LogP contribution is -2.44. The molecule has 1 fully saturated rings. The van der Waals surface area contributed by atoms with Crippen molar-refractivity contribution >= 4 is 16.9 Å². The summed E-state index contributed by atoms with van der Waals surface area (Å²) in [5.41, 5.74) is 1.27. The molecule has 1 amide bonds. The number of hydrogen-bond acceptors (Lipinski definition) is 3. The van der Waals surface area contributed by atoms with Crippen molar-refractivity contribution in [3.05, 3.63) is 53.9 Å². The van der Waals surface area contributed by atoms with Gasteiger partial charge in [-0.1, -0.05) is 24.3 Å². The maximum atomic E-state index is 13.4. The van der Waals surface area contributed by atoms with Crippen LogP contribution in [-0.4, -0.2) is 52.6 Å². The summed E-state index contributed by atoms with van der Waals surface area (Å²) < 4.78 is 72.2. The van der Waals surface area contributed by atoms with Gasteiger partial charge < -0.3 is 14.2 Å². The predicted molar refractivity (Wildman–Crippen MR) is 107 cm³/mol. The molecule has 1 aliphatic rings. The summed E-state index contributed by atoms with van der Waals surface area (Å²) in [6.07, 6.45) is -7.90. The molecule has 2 heterocycles. The van der Waals surface area contributed by atoms with E-state index >= 15 is 0 Å². The lowest BCUT2D eigenvalue weighted by molar-refractivity contribution is -0.147. The molecule has 1 aliphatic heterocycles. The van der Waals surface area contributed by atoms with E-state index in [1.807, 2.05) is 6.92 Å². The molecule has 0 saturated carbocycles. The number of fused-ring (bicyclic) bond motifs is 1. The zero-order chi connectivity index (χ0) is 23.0. The molecule has 170 valence electrons. The van der Waals surface area contributed by atoms with Crippen molar-refractivity contribution in [3.8, 4) is 11.1 Å². The van der Waals surface area contributed by atoms with Crippen molar-refractivity contribution in [1.82, 2.24) is 14.5 Å². The van der Waals surface area contributed by atoms with Crippen molar-refractivity contribution in [2.45, 2.75) is 32.2 Å². The zero-order valence-electron chi connectivity index (χ0n) is 17.1. The van der Waals surface area contributed by atoms with Gasteiger partial charge in [-0.05, 0) is 30.7 Å². The molecular formula is C22H20F5N3O2. The molecule has 32 heavy (non-hydrogen) atoms. The van der Waals surface area contributed by atoms with Gasteiger partial charge in [-0.3, -0.25) is 4.79 Å². The summed E-state index contributed by atoms with van der Waals surface area (Å²) in [5, 5.41) is 0. The number of carbonyl (C=O) groups excluding carboxylic acids is 1. The standard InChI is InChI=1S/C22H20F5N3O2/c1-13-11-29(9-10-32-13)20(31)15-7-5-14(6-8-15)16-3-2-4-17-19(16)28-21(22(25,26)27)30(17)12-18(23)24/h2-8,13,18H,9-12H2,1H3/t13-/m0/s1. The number of hydrogen-bond donors (Lipinski definition) is 0. The molecule has 0 spiro atoms. The number of carbonyl (C=O) groups is 1. The van der Waals surface area contributed by atoms with Gasteiger partial charge in [0.15, 0.2) is 0 Å². The molecule has 0 N–H and O–H groups in total. The number of amides is 1. The first-order chi connectivity index (χ1) is 15.1. The highest BCUT2D eigenvalue weighted by Gasteiger charge is 2.38. The molecular weight excluding hydrogens is 433 g/mol. The van der Waals surface area contributed by atoms with Crippen LogP contribution >= 0.6 is 0 Å². The van der Waals surface area contributed by atoms with Gasteiger partial charge in [0.25, 0.3) is 12.3 Å². The Labute approximate surface area is 180 Å². The molecule has 4 rings (SSSR count). The molecule has 2 aromatic carbocycles. The third-order valence-electron chi connectivity index (χ3n) is 5.32. The monoisotopic (exact) mass is 453 g/mol. The molecule has 0 bridgehead atoms. The topological polar surface area (TPSA) is 47.4 Å². The van der Waals surface area contributed by atoms with E-state index in [9.17, 15) is 26.7 Å². The normalized spacial score (nSPS) is 17.3. The van der Waals surface area contributed by atoms with Crippen molar-refractivity contribution in [3.63, 3.8) is 0 Å². The van der Waals surface area contributed by atoms with E-state index in [1.165, 1.54) is 12.1 Å². The van der Waals surface area contributed by atoms with Gasteiger partial charge in [0.2, 0.25) is 5.82 Å². The Kier molecular flexibility index (Phi) is 5.89. The van der Waals surface area contributed by atoms with Crippen LogP contribution in [0, 0.1) is 0 Å². The number of rotatable bonds is 4. The summed E-state index contributed by atoms with van der Waals surface area (Å²) >= 11 is 0. The van der Waals surface area contributed by atoms with Crippen LogP contribution in [0.4, 0.5) is 22.0 Å². The maximum absolute atomic E-state index is 13.4. The van der Waals surface area contributed by atoms with E-state index in [0.717, 1.165) is 0 Å². The molecule has 0 radical (unpaired) electrons. The minimum Gasteiger partial charge on any atom is -0.375 e. The number of ether oxygens (including phenoxy) is 1. The van der Waals surface area contributed by atoms with Crippen molar-refractivity contribution in [2.75, 3.05) is 19.7 Å². The number of alkyl halides is 5. The van der Waals surface area contributed by atoms with Crippen molar-refractivity contribution < 1.29 is 31.5 Å². The number of benzene rings is 2. The van der Waals surface area contributed by atoms with E-state index in [1.54, 1.807) is 35.2 Å². The molecule has 10 heteroatoms. The molecule has 0 unspecified atom stereocenters. The number of nitrogens with zero attached hydrogens (tertiary/aromatic N) is 3. The molecule has 3 aromatic rings. The SMILES string of the molecule is C[C@H]1CN(C(=O)c2ccc(-c3cccc4c3nc(C(F)(F)F)n4CC(F)F)cc2)CCO1. The average Bonchev–Trinajstić information content (AvgIpc) is 3.12. The smallest absolute Gasteiger partial charge is 0.375 e. The zero-order valence-corrected chi connectivity index (χ0v) is 17.1. The van der Waals surface area contributed by atoms with Crippen LogP contribution in [-0.2, 0) is 17.5 Å². The second-order valence-electron chi connectivity index (χ2n) is 7.62. The number of aromatic nitrogens is 2. The lowest BCUT2D eigenvalue weighted by atomic mass is 10.0. The van der Waals surface area contributed by atoms with Gasteiger partial charge in [0.05, 0.1) is 30.3 Å². The maximum Gasteiger partial charge on any atom is 0.449 e. The van der Waals surface area contributed by atoms with Gasteiger partial charge in [0.1, 0.15) is 0 Å². The minimum atomic E-state index is -4.88. The Bertz CT molecular complexity index is 1130. The number of imidazole rings is 1. The summed E-state index contributed by atoms with van der Waals surface area (Å²) in [5.74, 6) is -1.53. The van der Waals surface area contributed by atoms with Crippen LogP contribution in [0.1, 0.15) is 23.1 Å². The van der Waals surface area contributed by atoms with Crippen molar-refractivity contribution in [2.24, 2.45) is 0 Å². The third-order valence-corrected chi connectivity index (χ3v) is 5.32. The molecule has 1 aromatic heterocycles. The Morgan fingerprint density at radius 3 is 2.53 bits per heavy atom.